The molecule has 0 amide bonds. The smallest absolute Gasteiger partial charge is 0.462 e. The zero-order valence-corrected chi connectivity index (χ0v) is 68.2. The van der Waals surface area contributed by atoms with Crippen molar-refractivity contribution < 1.29 is 80.2 Å². The van der Waals surface area contributed by atoms with Gasteiger partial charge in [0.1, 0.15) is 19.3 Å². The molecule has 108 heavy (non-hydrogen) atoms. The molecule has 3 N–H and O–H groups in total. The maximum atomic E-state index is 13.1. The van der Waals surface area contributed by atoms with Crippen molar-refractivity contribution in [3.8, 4) is 0 Å². The molecule has 0 aliphatic rings. The molecule has 0 aliphatic carbocycles. The van der Waals surface area contributed by atoms with Crippen LogP contribution in [0.2, 0.25) is 0 Å². The maximum Gasteiger partial charge on any atom is 0.472 e. The van der Waals surface area contributed by atoms with Gasteiger partial charge in [-0.3, -0.25) is 37.3 Å². The summed E-state index contributed by atoms with van der Waals surface area (Å²) in [6.45, 7) is 4.23. The van der Waals surface area contributed by atoms with Gasteiger partial charge in [-0.2, -0.15) is 0 Å². The number of esters is 4. The van der Waals surface area contributed by atoms with Crippen LogP contribution in [0.1, 0.15) is 272 Å². The second-order valence-electron chi connectivity index (χ2n) is 25.8. The van der Waals surface area contributed by atoms with E-state index in [1.54, 1.807) is 0 Å². The van der Waals surface area contributed by atoms with Crippen LogP contribution in [-0.4, -0.2) is 96.7 Å². The summed E-state index contributed by atoms with van der Waals surface area (Å²) in [6, 6.07) is 0. The van der Waals surface area contributed by atoms with Gasteiger partial charge in [-0.1, -0.05) is 273 Å². The first-order valence-electron chi connectivity index (χ1n) is 40.3. The number of carbonyl (C=O) groups is 4. The van der Waals surface area contributed by atoms with Crippen molar-refractivity contribution in [2.75, 3.05) is 39.6 Å². The van der Waals surface area contributed by atoms with E-state index in [9.17, 15) is 43.2 Å². The molecular formula is C89H140O17P2. The number of phosphoric acid groups is 2. The third-order valence-electron chi connectivity index (χ3n) is 15.7. The first-order chi connectivity index (χ1) is 52.7. The van der Waals surface area contributed by atoms with Crippen LogP contribution in [0.4, 0.5) is 0 Å². The summed E-state index contributed by atoms with van der Waals surface area (Å²) in [7, 11) is -10.0. The van der Waals surface area contributed by atoms with Crippen LogP contribution in [0.5, 0.6) is 0 Å². The van der Waals surface area contributed by atoms with E-state index in [-0.39, 0.29) is 25.7 Å². The zero-order valence-electron chi connectivity index (χ0n) is 66.4. The highest BCUT2D eigenvalue weighted by Crippen LogP contribution is 2.45. The first kappa shape index (κ1) is 102. The number of phosphoric ester groups is 2. The fraction of sp³-hybridized carbons (Fsp3) is 0.573. The lowest BCUT2D eigenvalue weighted by atomic mass is 10.1. The van der Waals surface area contributed by atoms with Crippen LogP contribution < -0.4 is 0 Å². The van der Waals surface area contributed by atoms with E-state index in [4.69, 9.17) is 37.0 Å². The molecule has 0 aromatic carbocycles. The lowest BCUT2D eigenvalue weighted by Crippen LogP contribution is -2.30. The summed E-state index contributed by atoms with van der Waals surface area (Å²) in [4.78, 5) is 73.1. The SMILES string of the molecule is CC/C=C\C/C=C\C/C=C\C/C=C\C/C=C\CCCCCC(=O)OCC(COP(=O)(O)OCC(O)COP(=O)(O)OCC(COC(=O)CCC/C=C\C/C=C\C/C=C\C/C=C\C/C=C\CC)OC(=O)CCCC/C=C\C/C=C\C/C=C\C/C=C\CC)OC(=O)CCCCCCCCC/C=C\C/C=C\C/C=C\CC. The Morgan fingerprint density at radius 3 is 0.759 bits per heavy atom. The van der Waals surface area contributed by atoms with Crippen molar-refractivity contribution in [3.63, 3.8) is 0 Å². The molecule has 0 spiro atoms. The van der Waals surface area contributed by atoms with Crippen LogP contribution in [-0.2, 0) is 65.4 Å². The highest BCUT2D eigenvalue weighted by Gasteiger charge is 2.30. The Morgan fingerprint density at radius 2 is 0.463 bits per heavy atom. The molecule has 17 nitrogen and oxygen atoms in total. The van der Waals surface area contributed by atoms with Gasteiger partial charge in [-0.25, -0.2) is 9.13 Å². The Bertz CT molecular complexity index is 2860. The Balaban J connectivity index is 5.52. The Morgan fingerprint density at radius 1 is 0.259 bits per heavy atom. The Labute approximate surface area is 652 Å². The van der Waals surface area contributed by atoms with Crippen molar-refractivity contribution in [3.05, 3.63) is 207 Å². The summed E-state index contributed by atoms with van der Waals surface area (Å²) in [5.74, 6) is -2.36. The number of ether oxygens (including phenoxy) is 4. The normalized spacial score (nSPS) is 14.9. The molecule has 0 saturated heterocycles. The minimum absolute atomic E-state index is 0.0210. The summed E-state index contributed by atoms with van der Waals surface area (Å²) in [6.07, 6.45) is 98.1. The molecule has 0 rings (SSSR count). The summed E-state index contributed by atoms with van der Waals surface area (Å²) in [5.41, 5.74) is 0. The summed E-state index contributed by atoms with van der Waals surface area (Å²) in [5, 5.41) is 10.7. The van der Waals surface area contributed by atoms with Gasteiger partial charge in [0.2, 0.25) is 0 Å². The number of allylic oxidation sites excluding steroid dienone is 34. The highest BCUT2D eigenvalue weighted by atomic mass is 31.2. The second kappa shape index (κ2) is 78.8. The highest BCUT2D eigenvalue weighted by molar-refractivity contribution is 7.47. The predicted octanol–water partition coefficient (Wildman–Crippen LogP) is 23.9. The van der Waals surface area contributed by atoms with Crippen molar-refractivity contribution in [1.82, 2.24) is 0 Å². The predicted molar refractivity (Wildman–Crippen MR) is 445 cm³/mol. The molecular weight excluding hydrogens is 1400 g/mol. The van der Waals surface area contributed by atoms with Crippen LogP contribution in [0.25, 0.3) is 0 Å². The van der Waals surface area contributed by atoms with Gasteiger partial charge >= 0.3 is 39.5 Å². The number of hydrogen-bond acceptors (Lipinski definition) is 15. The van der Waals surface area contributed by atoms with Crippen molar-refractivity contribution >= 4 is 39.5 Å². The number of hydrogen-bond donors (Lipinski definition) is 3. The van der Waals surface area contributed by atoms with Crippen molar-refractivity contribution in [2.45, 2.75) is 290 Å². The number of unbranched alkanes of at least 4 members (excludes halogenated alkanes) is 13. The molecule has 0 aromatic heterocycles. The minimum Gasteiger partial charge on any atom is -0.462 e. The summed E-state index contributed by atoms with van der Waals surface area (Å²) < 4.78 is 68.5. The number of rotatable bonds is 73. The minimum atomic E-state index is -5.02. The van der Waals surface area contributed by atoms with Gasteiger partial charge in [0.05, 0.1) is 26.4 Å². The monoisotopic (exact) mass is 1540 g/mol. The lowest BCUT2D eigenvalue weighted by molar-refractivity contribution is -0.161. The van der Waals surface area contributed by atoms with Crippen molar-refractivity contribution in [1.29, 1.82) is 0 Å². The zero-order chi connectivity index (χ0) is 78.9. The van der Waals surface area contributed by atoms with Crippen LogP contribution in [0, 0.1) is 0 Å². The van der Waals surface area contributed by atoms with E-state index in [1.165, 1.54) is 0 Å². The van der Waals surface area contributed by atoms with Crippen LogP contribution in [0.15, 0.2) is 207 Å². The van der Waals surface area contributed by atoms with Gasteiger partial charge in [0.15, 0.2) is 12.2 Å². The molecule has 0 aliphatic heterocycles. The molecule has 0 radical (unpaired) electrons. The molecule has 0 aromatic rings. The van der Waals surface area contributed by atoms with E-state index < -0.39 is 97.5 Å². The van der Waals surface area contributed by atoms with Crippen LogP contribution in [0.3, 0.4) is 0 Å². The molecule has 608 valence electrons. The van der Waals surface area contributed by atoms with Gasteiger partial charge in [-0.05, 0) is 180 Å². The Kier molecular flexibility index (Phi) is 74.1. The second-order valence-corrected chi connectivity index (χ2v) is 28.7. The molecule has 5 unspecified atom stereocenters. The molecule has 0 bridgehead atoms. The van der Waals surface area contributed by atoms with E-state index in [0.29, 0.717) is 38.5 Å². The quantitative estimate of drug-likeness (QED) is 0.0169. The first-order valence-corrected chi connectivity index (χ1v) is 43.3. The van der Waals surface area contributed by atoms with Crippen LogP contribution >= 0.6 is 15.6 Å². The Hall–Kier alpha value is -6.36. The lowest BCUT2D eigenvalue weighted by Gasteiger charge is -2.21. The fourth-order valence-corrected chi connectivity index (χ4v) is 11.3. The molecule has 19 heteroatoms. The third-order valence-corrected chi connectivity index (χ3v) is 17.6. The molecule has 5 atom stereocenters. The van der Waals surface area contributed by atoms with Gasteiger partial charge in [-0.15, -0.1) is 0 Å². The topological polar surface area (TPSA) is 237 Å². The average Bonchev–Trinajstić information content (AvgIpc) is 0.906. The van der Waals surface area contributed by atoms with E-state index in [2.05, 4.69) is 222 Å². The van der Waals surface area contributed by atoms with Gasteiger partial charge in [0, 0.05) is 25.7 Å². The molecule has 0 heterocycles. The van der Waals surface area contributed by atoms with E-state index >= 15 is 0 Å². The fourth-order valence-electron chi connectivity index (χ4n) is 9.76. The largest absolute Gasteiger partial charge is 0.472 e. The number of aliphatic hydroxyl groups excluding tert-OH is 1. The number of aliphatic hydroxyl groups is 1. The van der Waals surface area contributed by atoms with E-state index in [1.807, 2.05) is 12.2 Å². The third kappa shape index (κ3) is 77.8. The standard InChI is InChI=1S/C89H140O17P2/c1-5-9-13-17-21-25-29-33-37-40-41-44-47-50-54-58-62-66-70-74-87(92)100-80-85(106-89(94)76-72-68-64-60-56-52-48-43-39-35-31-27-23-19-15-11-7-3)82-104-108(97,98)102-78-83(90)77-101-107(95,96)103-81-84(105-88(93)75-71-67-63-59-55-51-45-36-32-28-24-20-16-12-8-4)79-99-86(91)73-69-65-61-57-53-49-46-42-38-34-30-26-22-18-14-10-6-2/h9-16,21-28,33-39,41,44-46,49-50,54-55,57,59,61,83-85,90H,5-8,17-20,29-32,40,42-43,47-48,51-53,56,58,60,62-82H2,1-4H3,(H,95,96)(H,97,98)/b13-9-,14-10-,15-11-,16-12-,25-21-,26-22-,27-23-,28-24-,37-33-,38-34-,39-35-,44-41-,45-36-,49-46-,54-50-,59-55-,61-57-. The molecule has 0 saturated carbocycles. The van der Waals surface area contributed by atoms with Crippen molar-refractivity contribution in [2.24, 2.45) is 0 Å². The average molecular weight is 1540 g/mol. The molecule has 0 fully saturated rings. The van der Waals surface area contributed by atoms with Gasteiger partial charge < -0.3 is 33.8 Å². The summed E-state index contributed by atoms with van der Waals surface area (Å²) >= 11 is 0. The maximum absolute atomic E-state index is 13.1. The number of carbonyl (C=O) groups excluding carboxylic acids is 4. The van der Waals surface area contributed by atoms with E-state index in [0.717, 1.165) is 180 Å². The van der Waals surface area contributed by atoms with Gasteiger partial charge in [0.25, 0.3) is 0 Å².